The van der Waals surface area contributed by atoms with Gasteiger partial charge < -0.3 is 0 Å². The molecule has 1 unspecified atom stereocenters. The second-order valence-corrected chi connectivity index (χ2v) is 5.46. The van der Waals surface area contributed by atoms with Gasteiger partial charge in [0.05, 0.1) is 16.6 Å². The van der Waals surface area contributed by atoms with E-state index in [0.717, 1.165) is 5.56 Å². The van der Waals surface area contributed by atoms with Crippen LogP contribution >= 0.6 is 11.6 Å². The Morgan fingerprint density at radius 3 is 2.47 bits per heavy atom. The summed E-state index contributed by atoms with van der Waals surface area (Å²) >= 11 is 5.85. The van der Waals surface area contributed by atoms with Crippen molar-refractivity contribution < 1.29 is 8.60 Å². The Bertz CT molecular complexity index is 539. The Morgan fingerprint density at radius 1 is 1.12 bits per heavy atom. The molecule has 4 heteroatoms. The van der Waals surface area contributed by atoms with E-state index >= 15 is 0 Å². The average Bonchev–Trinajstić information content (AvgIpc) is 2.29. The van der Waals surface area contributed by atoms with Crippen LogP contribution in [-0.2, 0) is 16.6 Å². The zero-order valence-electron chi connectivity index (χ0n) is 8.90. The van der Waals surface area contributed by atoms with Gasteiger partial charge in [-0.2, -0.15) is 0 Å². The van der Waals surface area contributed by atoms with E-state index in [1.54, 1.807) is 12.1 Å². The topological polar surface area (TPSA) is 17.1 Å². The summed E-state index contributed by atoms with van der Waals surface area (Å²) in [5.41, 5.74) is 0.903. The van der Waals surface area contributed by atoms with Crippen molar-refractivity contribution in [2.75, 3.05) is 0 Å². The molecule has 0 aliphatic heterocycles. The normalized spacial score (nSPS) is 12.4. The smallest absolute Gasteiger partial charge is 0.123 e. The molecule has 0 spiro atoms. The second-order valence-electron chi connectivity index (χ2n) is 3.57. The first kappa shape index (κ1) is 12.3. The molecule has 0 radical (unpaired) electrons. The zero-order valence-corrected chi connectivity index (χ0v) is 10.5. The zero-order chi connectivity index (χ0) is 12.3. The molecule has 0 heterocycles. The third-order valence-corrected chi connectivity index (χ3v) is 3.89. The van der Waals surface area contributed by atoms with Gasteiger partial charge in [0.25, 0.3) is 0 Å². The third-order valence-electron chi connectivity index (χ3n) is 2.26. The van der Waals surface area contributed by atoms with Gasteiger partial charge in [0, 0.05) is 9.92 Å². The summed E-state index contributed by atoms with van der Waals surface area (Å²) in [5.74, 6) is 0.0557. The molecule has 0 saturated heterocycles. The van der Waals surface area contributed by atoms with Crippen LogP contribution in [0.25, 0.3) is 0 Å². The Balaban J connectivity index is 2.14. The van der Waals surface area contributed by atoms with Crippen molar-refractivity contribution >= 4 is 22.4 Å². The molecule has 0 aliphatic rings. The minimum atomic E-state index is -1.18. The number of benzene rings is 2. The average molecular weight is 269 g/mol. The van der Waals surface area contributed by atoms with Gasteiger partial charge in [0.1, 0.15) is 5.82 Å². The summed E-state index contributed by atoms with van der Waals surface area (Å²) in [4.78, 5) is 0.617. The van der Waals surface area contributed by atoms with Crippen LogP contribution in [0.4, 0.5) is 4.39 Å². The third kappa shape index (κ3) is 3.38. The highest BCUT2D eigenvalue weighted by Gasteiger charge is 2.05. The molecule has 2 rings (SSSR count). The van der Waals surface area contributed by atoms with Crippen molar-refractivity contribution in [1.82, 2.24) is 0 Å². The lowest BCUT2D eigenvalue weighted by molar-refractivity contribution is 0.626. The fourth-order valence-electron chi connectivity index (χ4n) is 1.45. The van der Waals surface area contributed by atoms with E-state index in [1.165, 1.54) is 24.3 Å². The van der Waals surface area contributed by atoms with E-state index in [1.807, 2.05) is 12.1 Å². The first-order chi connectivity index (χ1) is 8.15. The second kappa shape index (κ2) is 5.43. The predicted molar refractivity (Wildman–Crippen MR) is 68.0 cm³/mol. The molecule has 0 amide bonds. The quantitative estimate of drug-likeness (QED) is 0.828. The number of hydrogen-bond acceptors (Lipinski definition) is 1. The highest BCUT2D eigenvalue weighted by Crippen LogP contribution is 2.16. The molecule has 0 aliphatic carbocycles. The van der Waals surface area contributed by atoms with Gasteiger partial charge in [-0.15, -0.1) is 0 Å². The number of hydrogen-bond donors (Lipinski definition) is 0. The molecule has 1 nitrogen and oxygen atoms in total. The van der Waals surface area contributed by atoms with Crippen LogP contribution < -0.4 is 0 Å². The first-order valence-electron chi connectivity index (χ1n) is 5.03. The molecule has 0 aromatic heterocycles. The van der Waals surface area contributed by atoms with Crippen molar-refractivity contribution in [2.45, 2.75) is 10.6 Å². The van der Waals surface area contributed by atoms with E-state index in [0.29, 0.717) is 15.7 Å². The Hall–Kier alpha value is -1.19. The van der Waals surface area contributed by atoms with E-state index in [-0.39, 0.29) is 5.82 Å². The van der Waals surface area contributed by atoms with E-state index in [9.17, 15) is 8.60 Å². The maximum Gasteiger partial charge on any atom is 0.123 e. The van der Waals surface area contributed by atoms with Crippen LogP contribution in [0.3, 0.4) is 0 Å². The minimum Gasteiger partial charge on any atom is -0.254 e. The maximum atomic E-state index is 12.7. The lowest BCUT2D eigenvalue weighted by Crippen LogP contribution is -1.96. The molecule has 17 heavy (non-hydrogen) atoms. The molecule has 0 fully saturated rings. The Morgan fingerprint density at radius 2 is 1.82 bits per heavy atom. The van der Waals surface area contributed by atoms with Crippen LogP contribution in [-0.4, -0.2) is 4.21 Å². The largest absolute Gasteiger partial charge is 0.254 e. The van der Waals surface area contributed by atoms with Crippen LogP contribution in [0.15, 0.2) is 53.4 Å². The summed E-state index contributed by atoms with van der Waals surface area (Å²) in [6.07, 6.45) is 0. The lowest BCUT2D eigenvalue weighted by Gasteiger charge is -2.03. The van der Waals surface area contributed by atoms with Crippen LogP contribution in [0.1, 0.15) is 5.56 Å². The summed E-state index contributed by atoms with van der Waals surface area (Å²) in [6.45, 7) is 0. The van der Waals surface area contributed by atoms with Gasteiger partial charge in [-0.3, -0.25) is 4.21 Å². The molecule has 0 N–H and O–H groups in total. The fraction of sp³-hybridized carbons (Fsp3) is 0.0769. The van der Waals surface area contributed by atoms with Gasteiger partial charge in [0.15, 0.2) is 0 Å². The predicted octanol–water partition coefficient (Wildman–Crippen LogP) is 3.79. The van der Waals surface area contributed by atoms with Crippen molar-refractivity contribution in [3.8, 4) is 0 Å². The van der Waals surface area contributed by atoms with Crippen LogP contribution in [0, 0.1) is 5.82 Å². The highest BCUT2D eigenvalue weighted by molar-refractivity contribution is 7.84. The molecule has 2 aromatic rings. The fourth-order valence-corrected chi connectivity index (χ4v) is 2.75. The lowest BCUT2D eigenvalue weighted by atomic mass is 10.2. The van der Waals surface area contributed by atoms with Crippen molar-refractivity contribution in [3.63, 3.8) is 0 Å². The highest BCUT2D eigenvalue weighted by atomic mass is 35.5. The molecule has 1 atom stereocenters. The molecular weight excluding hydrogens is 259 g/mol. The number of halogens is 2. The van der Waals surface area contributed by atoms with Crippen molar-refractivity contribution in [3.05, 3.63) is 64.9 Å². The van der Waals surface area contributed by atoms with E-state index in [4.69, 9.17) is 11.6 Å². The standard InChI is InChI=1S/C13H10ClFOS/c14-11-3-1-2-10(8-11)9-17(16)13-6-4-12(15)5-7-13/h1-8H,9H2. The molecule has 2 aromatic carbocycles. The molecule has 0 bridgehead atoms. The van der Waals surface area contributed by atoms with Gasteiger partial charge in [-0.25, -0.2) is 4.39 Å². The monoisotopic (exact) mass is 268 g/mol. The molecular formula is C13H10ClFOS. The molecule has 0 saturated carbocycles. The SMILES string of the molecule is O=S(Cc1cccc(Cl)c1)c1ccc(F)cc1. The summed E-state index contributed by atoms with van der Waals surface area (Å²) in [5, 5.41) is 0.624. The van der Waals surface area contributed by atoms with Crippen LogP contribution in [0.2, 0.25) is 5.02 Å². The summed E-state index contributed by atoms with van der Waals surface area (Å²) in [7, 11) is -1.18. The van der Waals surface area contributed by atoms with E-state index < -0.39 is 10.8 Å². The summed E-state index contributed by atoms with van der Waals surface area (Å²) < 4.78 is 24.7. The van der Waals surface area contributed by atoms with Crippen molar-refractivity contribution in [1.29, 1.82) is 0 Å². The van der Waals surface area contributed by atoms with E-state index in [2.05, 4.69) is 0 Å². The minimum absolute atomic E-state index is 0.325. The Labute approximate surface area is 107 Å². The van der Waals surface area contributed by atoms with Gasteiger partial charge in [-0.05, 0) is 42.0 Å². The molecule has 88 valence electrons. The van der Waals surface area contributed by atoms with Gasteiger partial charge in [-0.1, -0.05) is 23.7 Å². The van der Waals surface area contributed by atoms with Crippen molar-refractivity contribution in [2.24, 2.45) is 0 Å². The van der Waals surface area contributed by atoms with Gasteiger partial charge >= 0.3 is 0 Å². The first-order valence-corrected chi connectivity index (χ1v) is 6.73. The Kier molecular flexibility index (Phi) is 3.92. The summed E-state index contributed by atoms with van der Waals surface area (Å²) in [6, 6.07) is 12.9. The maximum absolute atomic E-state index is 12.7. The van der Waals surface area contributed by atoms with Gasteiger partial charge in [0.2, 0.25) is 0 Å². The number of rotatable bonds is 3. The van der Waals surface area contributed by atoms with Crippen LogP contribution in [0.5, 0.6) is 0 Å².